The molecule has 1 aliphatic heterocycles. The molecule has 3 heterocycles. The molecule has 1 aromatic carbocycles. The summed E-state index contributed by atoms with van der Waals surface area (Å²) in [6, 6.07) is 11.9. The Hall–Kier alpha value is -3.35. The van der Waals surface area contributed by atoms with Crippen LogP contribution in [0.5, 0.6) is 0 Å². The van der Waals surface area contributed by atoms with Gasteiger partial charge >= 0.3 is 0 Å². The minimum absolute atomic E-state index is 0.103. The van der Waals surface area contributed by atoms with Gasteiger partial charge in [0.15, 0.2) is 5.82 Å². The molecule has 1 saturated heterocycles. The summed E-state index contributed by atoms with van der Waals surface area (Å²) in [5, 5.41) is 3.21. The largest absolute Gasteiger partial charge is 0.342 e. The lowest BCUT2D eigenvalue weighted by Crippen LogP contribution is -2.44. The summed E-state index contributed by atoms with van der Waals surface area (Å²) in [5.74, 6) is 1.10. The molecule has 0 spiro atoms. The molecule has 1 N–H and O–H groups in total. The van der Waals surface area contributed by atoms with Crippen LogP contribution in [0.25, 0.3) is 11.4 Å². The predicted octanol–water partition coefficient (Wildman–Crippen LogP) is 5.17. The molecule has 7 heteroatoms. The Labute approximate surface area is 187 Å². The number of carbonyl (C=O) groups is 1. The molecule has 6 nitrogen and oxygen atoms in total. The molecule has 2 aromatic heterocycles. The smallest absolute Gasteiger partial charge is 0.227 e. The molecule has 1 fully saturated rings. The van der Waals surface area contributed by atoms with Crippen LogP contribution < -0.4 is 5.32 Å². The first-order valence-corrected chi connectivity index (χ1v) is 10.9. The maximum absolute atomic E-state index is 13.7. The average Bonchev–Trinajstić information content (AvgIpc) is 2.78. The number of hydrogen-bond acceptors (Lipinski definition) is 5. The van der Waals surface area contributed by atoms with Crippen LogP contribution in [-0.2, 0) is 4.79 Å². The van der Waals surface area contributed by atoms with Gasteiger partial charge in [0.05, 0.1) is 5.69 Å². The molecule has 32 heavy (non-hydrogen) atoms. The standard InChI is InChI=1S/C25H28FN5O/c1-25(2,3)24(32)31-13-5-6-18(16-31)21-15-22(28-20-8-4-7-19(26)14-20)30-23(29-21)17-9-11-27-12-10-17/h4,7-12,14-15,18H,5-6,13,16H2,1-3H3,(H,28,29,30)/t18-/m1/s1. The van der Waals surface area contributed by atoms with E-state index in [0.29, 0.717) is 23.9 Å². The first-order valence-electron chi connectivity index (χ1n) is 10.9. The van der Waals surface area contributed by atoms with Gasteiger partial charge in [-0.15, -0.1) is 0 Å². The predicted molar refractivity (Wildman–Crippen MR) is 123 cm³/mol. The lowest BCUT2D eigenvalue weighted by Gasteiger charge is -2.36. The van der Waals surface area contributed by atoms with Crippen molar-refractivity contribution < 1.29 is 9.18 Å². The summed E-state index contributed by atoms with van der Waals surface area (Å²) in [6.45, 7) is 7.25. The van der Waals surface area contributed by atoms with E-state index >= 15 is 0 Å². The zero-order valence-electron chi connectivity index (χ0n) is 18.7. The molecular weight excluding hydrogens is 405 g/mol. The van der Waals surface area contributed by atoms with Gasteiger partial charge in [-0.2, -0.15) is 0 Å². The maximum Gasteiger partial charge on any atom is 0.227 e. The van der Waals surface area contributed by atoms with Gasteiger partial charge in [-0.1, -0.05) is 26.8 Å². The minimum atomic E-state index is -0.417. The fourth-order valence-corrected chi connectivity index (χ4v) is 3.96. The van der Waals surface area contributed by atoms with Crippen molar-refractivity contribution in [2.75, 3.05) is 18.4 Å². The Morgan fingerprint density at radius 3 is 2.62 bits per heavy atom. The number of aromatic nitrogens is 3. The van der Waals surface area contributed by atoms with E-state index in [0.717, 1.165) is 30.6 Å². The second kappa shape index (κ2) is 9.02. The number of hydrogen-bond donors (Lipinski definition) is 1. The van der Waals surface area contributed by atoms with Gasteiger partial charge in [0.2, 0.25) is 5.91 Å². The quantitative estimate of drug-likeness (QED) is 0.614. The zero-order valence-corrected chi connectivity index (χ0v) is 18.7. The summed E-state index contributed by atoms with van der Waals surface area (Å²) in [6.07, 6.45) is 5.28. The van der Waals surface area contributed by atoms with E-state index in [1.807, 2.05) is 43.9 Å². The molecule has 1 atom stereocenters. The van der Waals surface area contributed by atoms with Gasteiger partial charge in [-0.25, -0.2) is 14.4 Å². The van der Waals surface area contributed by atoms with E-state index in [-0.39, 0.29) is 17.6 Å². The third kappa shape index (κ3) is 5.10. The Bertz CT molecular complexity index is 1100. The van der Waals surface area contributed by atoms with Crippen LogP contribution in [0.2, 0.25) is 0 Å². The van der Waals surface area contributed by atoms with Gasteiger partial charge in [0.1, 0.15) is 11.6 Å². The van der Waals surface area contributed by atoms with Crippen LogP contribution in [0.1, 0.15) is 45.2 Å². The molecule has 4 rings (SSSR count). The fourth-order valence-electron chi connectivity index (χ4n) is 3.96. The molecule has 0 aliphatic carbocycles. The van der Waals surface area contributed by atoms with E-state index in [1.54, 1.807) is 24.5 Å². The number of nitrogens with one attached hydrogen (secondary N) is 1. The van der Waals surface area contributed by atoms with Gasteiger partial charge in [0.25, 0.3) is 0 Å². The van der Waals surface area contributed by atoms with Crippen molar-refractivity contribution in [2.24, 2.45) is 5.41 Å². The minimum Gasteiger partial charge on any atom is -0.342 e. The molecule has 0 bridgehead atoms. The normalized spacial score (nSPS) is 16.6. The number of halogens is 1. The molecule has 0 saturated carbocycles. The highest BCUT2D eigenvalue weighted by Gasteiger charge is 2.32. The number of piperidine rings is 1. The topological polar surface area (TPSA) is 71.0 Å². The molecule has 1 aliphatic rings. The van der Waals surface area contributed by atoms with Crippen molar-refractivity contribution in [3.63, 3.8) is 0 Å². The fraction of sp³-hybridized carbons (Fsp3) is 0.360. The third-order valence-electron chi connectivity index (χ3n) is 5.55. The van der Waals surface area contributed by atoms with Gasteiger partial charge in [0, 0.05) is 54.1 Å². The number of carbonyl (C=O) groups excluding carboxylic acids is 1. The summed E-state index contributed by atoms with van der Waals surface area (Å²) in [7, 11) is 0. The van der Waals surface area contributed by atoms with Crippen molar-refractivity contribution in [1.29, 1.82) is 0 Å². The van der Waals surface area contributed by atoms with Crippen LogP contribution >= 0.6 is 0 Å². The molecular formula is C25H28FN5O. The summed E-state index contributed by atoms with van der Waals surface area (Å²) in [5.41, 5.74) is 1.92. The average molecular weight is 434 g/mol. The van der Waals surface area contributed by atoms with E-state index in [2.05, 4.69) is 15.3 Å². The lowest BCUT2D eigenvalue weighted by atomic mass is 9.90. The molecule has 3 aromatic rings. The number of nitrogens with zero attached hydrogens (tertiary/aromatic N) is 4. The van der Waals surface area contributed by atoms with Gasteiger partial charge < -0.3 is 10.2 Å². The monoisotopic (exact) mass is 433 g/mol. The molecule has 0 unspecified atom stereocenters. The SMILES string of the molecule is CC(C)(C)C(=O)N1CCC[C@@H](c2cc(Nc3cccc(F)c3)nc(-c3ccncc3)n2)C1. The van der Waals surface area contributed by atoms with Crippen molar-refractivity contribution in [2.45, 2.75) is 39.5 Å². The summed E-state index contributed by atoms with van der Waals surface area (Å²) >= 11 is 0. The highest BCUT2D eigenvalue weighted by Crippen LogP contribution is 2.31. The first-order chi connectivity index (χ1) is 15.3. The number of rotatable bonds is 4. The van der Waals surface area contributed by atoms with E-state index in [9.17, 15) is 9.18 Å². The van der Waals surface area contributed by atoms with Crippen LogP contribution in [-0.4, -0.2) is 38.8 Å². The number of pyridine rings is 1. The Balaban J connectivity index is 1.68. The number of benzene rings is 1. The lowest BCUT2D eigenvalue weighted by molar-refractivity contribution is -0.140. The highest BCUT2D eigenvalue weighted by molar-refractivity contribution is 5.81. The maximum atomic E-state index is 13.7. The zero-order chi connectivity index (χ0) is 22.7. The van der Waals surface area contributed by atoms with Crippen LogP contribution in [0, 0.1) is 11.2 Å². The van der Waals surface area contributed by atoms with Crippen LogP contribution in [0.4, 0.5) is 15.9 Å². The highest BCUT2D eigenvalue weighted by atomic mass is 19.1. The summed E-state index contributed by atoms with van der Waals surface area (Å²) < 4.78 is 13.7. The van der Waals surface area contributed by atoms with Crippen molar-refractivity contribution >= 4 is 17.4 Å². The number of likely N-dealkylation sites (tertiary alicyclic amines) is 1. The van der Waals surface area contributed by atoms with Crippen molar-refractivity contribution in [3.8, 4) is 11.4 Å². The van der Waals surface area contributed by atoms with E-state index in [4.69, 9.17) is 4.98 Å². The van der Waals surface area contributed by atoms with Crippen LogP contribution in [0.15, 0.2) is 54.9 Å². The second-order valence-corrected chi connectivity index (χ2v) is 9.21. The first kappa shape index (κ1) is 21.9. The van der Waals surface area contributed by atoms with Crippen molar-refractivity contribution in [3.05, 3.63) is 66.4 Å². The molecule has 1 amide bonds. The van der Waals surface area contributed by atoms with E-state index in [1.165, 1.54) is 12.1 Å². The Morgan fingerprint density at radius 1 is 1.12 bits per heavy atom. The van der Waals surface area contributed by atoms with Crippen molar-refractivity contribution in [1.82, 2.24) is 19.9 Å². The molecule has 166 valence electrons. The summed E-state index contributed by atoms with van der Waals surface area (Å²) in [4.78, 5) is 28.4. The number of anilines is 2. The Kier molecular flexibility index (Phi) is 6.17. The Morgan fingerprint density at radius 2 is 1.91 bits per heavy atom. The van der Waals surface area contributed by atoms with Gasteiger partial charge in [-0.05, 0) is 43.2 Å². The van der Waals surface area contributed by atoms with E-state index < -0.39 is 5.41 Å². The van der Waals surface area contributed by atoms with Gasteiger partial charge in [-0.3, -0.25) is 9.78 Å². The third-order valence-corrected chi connectivity index (χ3v) is 5.55. The van der Waals surface area contributed by atoms with Crippen LogP contribution in [0.3, 0.4) is 0 Å². The molecule has 0 radical (unpaired) electrons. The number of amides is 1. The second-order valence-electron chi connectivity index (χ2n) is 9.21.